The molecule has 8 heteroatoms. The smallest absolute Gasteiger partial charge is 0.263 e. The van der Waals surface area contributed by atoms with Gasteiger partial charge >= 0.3 is 0 Å². The van der Waals surface area contributed by atoms with Crippen molar-refractivity contribution in [2.75, 3.05) is 30.3 Å². The van der Waals surface area contributed by atoms with Gasteiger partial charge in [0, 0.05) is 0 Å². The molecule has 0 saturated heterocycles. The van der Waals surface area contributed by atoms with Gasteiger partial charge in [0.2, 0.25) is 10.0 Å². The van der Waals surface area contributed by atoms with Gasteiger partial charge in [-0.2, -0.15) is 0 Å². The van der Waals surface area contributed by atoms with Gasteiger partial charge in [0.05, 0.1) is 25.0 Å². The largest absolute Gasteiger partial charge is 0.492 e. The fourth-order valence-corrected chi connectivity index (χ4v) is 4.07. The number of para-hydroxylation sites is 2. The van der Waals surface area contributed by atoms with E-state index in [1.165, 1.54) is 9.87 Å². The summed E-state index contributed by atoms with van der Waals surface area (Å²) in [5.74, 6) is 0.730. The van der Waals surface area contributed by atoms with Gasteiger partial charge in [0.25, 0.3) is 5.91 Å². The number of rotatable bonds is 8. The Bertz CT molecular complexity index is 944. The van der Waals surface area contributed by atoms with Gasteiger partial charge in [-0.15, -0.1) is 0 Å². The quantitative estimate of drug-likeness (QED) is 0.666. The van der Waals surface area contributed by atoms with Crippen molar-refractivity contribution >= 4 is 21.6 Å². The first-order chi connectivity index (χ1) is 13.9. The molecule has 0 spiro atoms. The second-order valence-corrected chi connectivity index (χ2v) is 8.81. The number of carbonyl (C=O) groups is 1. The SMILES string of the molecule is CCCc1ccc(OCCNC(=O)[C@H]2CN(S(C)(=O)=O)c3ccccc3O2)cc1. The molecule has 156 valence electrons. The van der Waals surface area contributed by atoms with Crippen LogP contribution in [0.3, 0.4) is 0 Å². The first kappa shape index (κ1) is 21.0. The first-order valence-corrected chi connectivity index (χ1v) is 11.5. The van der Waals surface area contributed by atoms with Crippen LogP contribution in [0.4, 0.5) is 5.69 Å². The molecule has 29 heavy (non-hydrogen) atoms. The van der Waals surface area contributed by atoms with Gasteiger partial charge < -0.3 is 14.8 Å². The zero-order valence-electron chi connectivity index (χ0n) is 16.6. The molecule has 0 saturated carbocycles. The second-order valence-electron chi connectivity index (χ2n) is 6.90. The summed E-state index contributed by atoms with van der Waals surface area (Å²) in [5.41, 5.74) is 1.70. The zero-order chi connectivity index (χ0) is 20.9. The molecule has 1 atom stereocenters. The number of hydrogen-bond donors (Lipinski definition) is 1. The van der Waals surface area contributed by atoms with Gasteiger partial charge in [-0.05, 0) is 36.2 Å². The second kappa shape index (κ2) is 9.17. The van der Waals surface area contributed by atoms with Gasteiger partial charge in [-0.3, -0.25) is 9.10 Å². The third-order valence-electron chi connectivity index (χ3n) is 4.56. The Morgan fingerprint density at radius 2 is 1.93 bits per heavy atom. The molecular weight excluding hydrogens is 392 g/mol. The Kier molecular flexibility index (Phi) is 6.64. The maximum atomic E-state index is 12.5. The monoisotopic (exact) mass is 418 g/mol. The van der Waals surface area contributed by atoms with Gasteiger partial charge in [0.15, 0.2) is 6.10 Å². The van der Waals surface area contributed by atoms with Crippen LogP contribution >= 0.6 is 0 Å². The molecule has 7 nitrogen and oxygen atoms in total. The number of benzene rings is 2. The average Bonchev–Trinajstić information content (AvgIpc) is 2.71. The summed E-state index contributed by atoms with van der Waals surface area (Å²) in [4.78, 5) is 12.5. The van der Waals surface area contributed by atoms with E-state index in [0.29, 0.717) is 18.0 Å². The standard InChI is InChI=1S/C21H26N2O5S/c1-3-6-16-9-11-17(12-10-16)27-14-13-22-21(24)20-15-23(29(2,25)26)18-7-4-5-8-19(18)28-20/h4-5,7-12,20H,3,6,13-15H2,1-2H3,(H,22,24)/t20-/m1/s1. The van der Waals surface area contributed by atoms with Crippen molar-refractivity contribution in [1.82, 2.24) is 5.32 Å². The van der Waals surface area contributed by atoms with Crippen LogP contribution in [0.25, 0.3) is 0 Å². The summed E-state index contributed by atoms with van der Waals surface area (Å²) in [6.45, 7) is 2.66. The third kappa shape index (κ3) is 5.41. The van der Waals surface area contributed by atoms with Gasteiger partial charge in [0.1, 0.15) is 18.1 Å². The maximum Gasteiger partial charge on any atom is 0.263 e. The molecule has 1 amide bonds. The summed E-state index contributed by atoms with van der Waals surface area (Å²) in [7, 11) is -3.53. The molecule has 1 heterocycles. The minimum absolute atomic E-state index is 0.0680. The van der Waals surface area contributed by atoms with Crippen LogP contribution in [0.15, 0.2) is 48.5 Å². The number of aryl methyl sites for hydroxylation is 1. The molecule has 0 fully saturated rings. The summed E-state index contributed by atoms with van der Waals surface area (Å²) >= 11 is 0. The van der Waals surface area contributed by atoms with E-state index in [-0.39, 0.29) is 19.0 Å². The fourth-order valence-electron chi connectivity index (χ4n) is 3.15. The number of amides is 1. The number of anilines is 1. The Morgan fingerprint density at radius 1 is 1.21 bits per heavy atom. The molecule has 0 bridgehead atoms. The summed E-state index contributed by atoms with van der Waals surface area (Å²) in [6, 6.07) is 14.7. The van der Waals surface area contributed by atoms with Crippen molar-refractivity contribution in [1.29, 1.82) is 0 Å². The van der Waals surface area contributed by atoms with Crippen LogP contribution in [0.5, 0.6) is 11.5 Å². The predicted molar refractivity (Wildman–Crippen MR) is 112 cm³/mol. The Morgan fingerprint density at radius 3 is 2.62 bits per heavy atom. The minimum atomic E-state index is -3.53. The summed E-state index contributed by atoms with van der Waals surface area (Å²) < 4.78 is 36.8. The van der Waals surface area contributed by atoms with Crippen molar-refractivity contribution in [2.24, 2.45) is 0 Å². The predicted octanol–water partition coefficient (Wildman–Crippen LogP) is 2.36. The number of hydrogen-bond acceptors (Lipinski definition) is 5. The molecular formula is C21H26N2O5S. The van der Waals surface area contributed by atoms with Crippen molar-refractivity contribution in [3.05, 3.63) is 54.1 Å². The van der Waals surface area contributed by atoms with Gasteiger partial charge in [-0.1, -0.05) is 37.6 Å². The van der Waals surface area contributed by atoms with Crippen molar-refractivity contribution in [3.63, 3.8) is 0 Å². The number of nitrogens with one attached hydrogen (secondary N) is 1. The molecule has 1 N–H and O–H groups in total. The number of fused-ring (bicyclic) bond motifs is 1. The lowest BCUT2D eigenvalue weighted by molar-refractivity contribution is -0.127. The average molecular weight is 419 g/mol. The van der Waals surface area contributed by atoms with Gasteiger partial charge in [-0.25, -0.2) is 8.42 Å². The van der Waals surface area contributed by atoms with E-state index >= 15 is 0 Å². The highest BCUT2D eigenvalue weighted by atomic mass is 32.2. The molecule has 2 aromatic rings. The maximum absolute atomic E-state index is 12.5. The van der Waals surface area contributed by atoms with E-state index in [9.17, 15) is 13.2 Å². The Balaban J connectivity index is 1.53. The van der Waals surface area contributed by atoms with Crippen LogP contribution in [-0.4, -0.2) is 46.4 Å². The lowest BCUT2D eigenvalue weighted by Gasteiger charge is -2.33. The van der Waals surface area contributed by atoms with Crippen LogP contribution in [0.1, 0.15) is 18.9 Å². The van der Waals surface area contributed by atoms with E-state index in [4.69, 9.17) is 9.47 Å². The molecule has 1 aliphatic heterocycles. The van der Waals surface area contributed by atoms with E-state index in [1.54, 1.807) is 24.3 Å². The van der Waals surface area contributed by atoms with E-state index < -0.39 is 16.1 Å². The lowest BCUT2D eigenvalue weighted by Crippen LogP contribution is -2.51. The number of carbonyl (C=O) groups excluding carboxylic acids is 1. The number of nitrogens with zero attached hydrogens (tertiary/aromatic N) is 1. The molecule has 0 unspecified atom stereocenters. The van der Waals surface area contributed by atoms with Crippen molar-refractivity contribution in [3.8, 4) is 11.5 Å². The molecule has 2 aromatic carbocycles. The summed E-state index contributed by atoms with van der Waals surface area (Å²) in [5, 5.41) is 2.75. The van der Waals surface area contributed by atoms with E-state index in [0.717, 1.165) is 24.8 Å². The third-order valence-corrected chi connectivity index (χ3v) is 5.71. The minimum Gasteiger partial charge on any atom is -0.492 e. The van der Waals surface area contributed by atoms with E-state index in [1.807, 2.05) is 24.3 Å². The Hall–Kier alpha value is -2.74. The highest BCUT2D eigenvalue weighted by Gasteiger charge is 2.34. The normalized spacial score (nSPS) is 15.9. The highest BCUT2D eigenvalue weighted by Crippen LogP contribution is 2.34. The molecule has 0 aliphatic carbocycles. The fraction of sp³-hybridized carbons (Fsp3) is 0.381. The summed E-state index contributed by atoms with van der Waals surface area (Å²) in [6.07, 6.45) is 2.32. The Labute approximate surface area is 171 Å². The van der Waals surface area contributed by atoms with Crippen molar-refractivity contribution < 1.29 is 22.7 Å². The van der Waals surface area contributed by atoms with Crippen LogP contribution in [0, 0.1) is 0 Å². The number of ether oxygens (including phenoxy) is 2. The molecule has 3 rings (SSSR count). The zero-order valence-corrected chi connectivity index (χ0v) is 17.4. The topological polar surface area (TPSA) is 84.9 Å². The number of sulfonamides is 1. The first-order valence-electron chi connectivity index (χ1n) is 9.61. The van der Waals surface area contributed by atoms with Crippen LogP contribution in [-0.2, 0) is 21.2 Å². The van der Waals surface area contributed by atoms with Crippen molar-refractivity contribution in [2.45, 2.75) is 25.9 Å². The van der Waals surface area contributed by atoms with Crippen LogP contribution < -0.4 is 19.1 Å². The van der Waals surface area contributed by atoms with E-state index in [2.05, 4.69) is 12.2 Å². The highest BCUT2D eigenvalue weighted by molar-refractivity contribution is 7.92. The van der Waals surface area contributed by atoms with Crippen LogP contribution in [0.2, 0.25) is 0 Å². The molecule has 1 aliphatic rings. The lowest BCUT2D eigenvalue weighted by atomic mass is 10.1. The molecule has 0 aromatic heterocycles. The molecule has 0 radical (unpaired) electrons.